The summed E-state index contributed by atoms with van der Waals surface area (Å²) < 4.78 is 46.1. The zero-order valence-corrected chi connectivity index (χ0v) is 31.4. The predicted octanol–water partition coefficient (Wildman–Crippen LogP) is 4.95. The Morgan fingerprint density at radius 2 is 1.64 bits per heavy atom. The molecule has 5 rings (SSSR count). The highest BCUT2D eigenvalue weighted by Gasteiger charge is 2.56. The summed E-state index contributed by atoms with van der Waals surface area (Å²) in [5.41, 5.74) is 0.945. The Hall–Kier alpha value is -3.05. The molecule has 53 heavy (non-hydrogen) atoms. The molecule has 0 saturated carbocycles. The normalized spacial score (nSPS) is 30.4. The van der Waals surface area contributed by atoms with Crippen LogP contribution in [0.5, 0.6) is 0 Å². The molecule has 0 spiro atoms. The zero-order valence-electron chi connectivity index (χ0n) is 29.1. The highest BCUT2D eigenvalue weighted by Crippen LogP contribution is 2.40. The number of hydrogen-bond acceptors (Lipinski definition) is 13. The molecule has 14 nitrogen and oxygen atoms in total. The van der Waals surface area contributed by atoms with Crippen molar-refractivity contribution in [2.45, 2.75) is 105 Å². The summed E-state index contributed by atoms with van der Waals surface area (Å²) in [6, 6.07) is 16.0. The van der Waals surface area contributed by atoms with Gasteiger partial charge in [0.05, 0.1) is 18.6 Å². The first-order valence-corrected chi connectivity index (χ1v) is 18.3. The molecule has 1 amide bonds. The largest absolute Gasteiger partial charge is 0.460 e. The van der Waals surface area contributed by atoms with E-state index in [1.807, 2.05) is 18.2 Å². The van der Waals surface area contributed by atoms with Crippen molar-refractivity contribution in [1.29, 1.82) is 0 Å². The molecule has 2 aromatic carbocycles. The van der Waals surface area contributed by atoms with Crippen LogP contribution in [0.1, 0.15) is 62.2 Å². The van der Waals surface area contributed by atoms with E-state index in [1.54, 1.807) is 56.3 Å². The third kappa shape index (κ3) is 11.0. The fourth-order valence-corrected chi connectivity index (χ4v) is 6.47. The molecular formula is C36H42Cl3NO13. The number of carbonyl (C=O) groups is 4. The fourth-order valence-electron chi connectivity index (χ4n) is 6.31. The maximum atomic E-state index is 13.4. The number of nitrogens with one attached hydrogen (secondary N) is 1. The SMILES string of the molecule is CC[C@@H](OC(=O)CCC(C)=O)[C@@H]1O[C@@H](OC2C(NC(=O)OCC(Cl)(Cl)Cl)C(O)OC3COC(c4ccccc4)OC32)C(OC(=O)c2ccccc2)[C@@H]1C. The first kappa shape index (κ1) is 41.1. The van der Waals surface area contributed by atoms with Gasteiger partial charge in [0.2, 0.25) is 3.79 Å². The van der Waals surface area contributed by atoms with Crippen LogP contribution in [0.2, 0.25) is 0 Å². The lowest BCUT2D eigenvalue weighted by molar-refractivity contribution is -0.356. The monoisotopic (exact) mass is 801 g/mol. The number of fused-ring (bicyclic) bond motifs is 1. The Labute approximate surface area is 321 Å². The van der Waals surface area contributed by atoms with Crippen LogP contribution in [0.15, 0.2) is 60.7 Å². The number of rotatable bonds is 13. The van der Waals surface area contributed by atoms with Gasteiger partial charge in [-0.2, -0.15) is 0 Å². The van der Waals surface area contributed by atoms with Crippen molar-refractivity contribution < 1.29 is 62.2 Å². The highest BCUT2D eigenvalue weighted by atomic mass is 35.6. The van der Waals surface area contributed by atoms with E-state index in [0.717, 1.165) is 0 Å². The molecule has 17 heteroatoms. The number of amides is 1. The number of ketones is 1. The molecule has 0 aliphatic carbocycles. The standard InChI is InChI=1S/C36H42Cl3NO13/c1-4-23(48-25(42)16-15-19(2)41)27-20(3)28(50-31(43)21-11-7-5-8-12-21)34(51-27)53-30-26(40-35(45)47-18-36(37,38)39)32(44)49-24-17-46-33(52-29(24)30)22-13-9-6-10-14-22/h5-14,20,23-24,26-30,32-34,44H,4,15-18H2,1-3H3,(H,40,45)/t20-,23-,24?,26?,27-,28?,29?,30?,32?,33?,34+/m1/s1. The van der Waals surface area contributed by atoms with Gasteiger partial charge in [-0.15, -0.1) is 0 Å². The Morgan fingerprint density at radius 3 is 2.28 bits per heavy atom. The van der Waals surface area contributed by atoms with Crippen LogP contribution in [-0.2, 0) is 47.5 Å². The fraction of sp³-hybridized carbons (Fsp3) is 0.556. The molecule has 0 aromatic heterocycles. The maximum absolute atomic E-state index is 13.4. The number of esters is 2. The average molecular weight is 803 g/mol. The van der Waals surface area contributed by atoms with Crippen molar-refractivity contribution in [3.63, 3.8) is 0 Å². The van der Waals surface area contributed by atoms with Crippen LogP contribution in [0.25, 0.3) is 0 Å². The molecule has 7 unspecified atom stereocenters. The van der Waals surface area contributed by atoms with Gasteiger partial charge in [-0.25, -0.2) is 9.59 Å². The summed E-state index contributed by atoms with van der Waals surface area (Å²) in [6.07, 6.45) is -10.7. The number of hydrogen-bond donors (Lipinski definition) is 2. The summed E-state index contributed by atoms with van der Waals surface area (Å²) >= 11 is 17.3. The molecule has 0 radical (unpaired) electrons. The molecule has 3 aliphatic heterocycles. The van der Waals surface area contributed by atoms with Gasteiger partial charge in [0.1, 0.15) is 49.0 Å². The van der Waals surface area contributed by atoms with Crippen LogP contribution in [0, 0.1) is 5.92 Å². The third-order valence-electron chi connectivity index (χ3n) is 8.95. The number of alkyl carbamates (subject to hydrolysis) is 1. The Kier molecular flexibility index (Phi) is 14.4. The van der Waals surface area contributed by atoms with E-state index < -0.39 is 95.9 Å². The maximum Gasteiger partial charge on any atom is 0.407 e. The van der Waals surface area contributed by atoms with Gasteiger partial charge in [0.25, 0.3) is 0 Å². The van der Waals surface area contributed by atoms with E-state index in [9.17, 15) is 24.3 Å². The summed E-state index contributed by atoms with van der Waals surface area (Å²) in [5, 5.41) is 13.7. The number of carbonyl (C=O) groups excluding carboxylic acids is 4. The van der Waals surface area contributed by atoms with E-state index in [4.69, 9.17) is 72.7 Å². The van der Waals surface area contributed by atoms with E-state index >= 15 is 0 Å². The number of aliphatic hydroxyl groups excluding tert-OH is 1. The topological polar surface area (TPSA) is 174 Å². The van der Waals surface area contributed by atoms with Crippen LogP contribution in [0.3, 0.4) is 0 Å². The number of alkyl halides is 3. The average Bonchev–Trinajstić information content (AvgIpc) is 3.43. The lowest BCUT2D eigenvalue weighted by Gasteiger charge is -2.48. The molecular weight excluding hydrogens is 761 g/mol. The summed E-state index contributed by atoms with van der Waals surface area (Å²) in [6.45, 7) is 4.28. The Balaban J connectivity index is 1.46. The molecule has 11 atom stereocenters. The van der Waals surface area contributed by atoms with Crippen molar-refractivity contribution in [3.05, 3.63) is 71.8 Å². The van der Waals surface area contributed by atoms with Crippen LogP contribution in [-0.4, -0.2) is 101 Å². The minimum absolute atomic E-state index is 0.0141. The van der Waals surface area contributed by atoms with Gasteiger partial charge < -0.3 is 53.1 Å². The number of halogens is 3. The van der Waals surface area contributed by atoms with Gasteiger partial charge in [-0.1, -0.05) is 97.2 Å². The van der Waals surface area contributed by atoms with E-state index in [1.165, 1.54) is 6.92 Å². The van der Waals surface area contributed by atoms with Crippen molar-refractivity contribution in [2.75, 3.05) is 13.2 Å². The molecule has 3 aliphatic rings. The summed E-state index contributed by atoms with van der Waals surface area (Å²) in [7, 11) is 0. The van der Waals surface area contributed by atoms with Crippen LogP contribution >= 0.6 is 34.8 Å². The smallest absolute Gasteiger partial charge is 0.407 e. The third-order valence-corrected chi connectivity index (χ3v) is 9.28. The zero-order chi connectivity index (χ0) is 38.3. The highest BCUT2D eigenvalue weighted by molar-refractivity contribution is 6.67. The minimum Gasteiger partial charge on any atom is -0.460 e. The van der Waals surface area contributed by atoms with Gasteiger partial charge in [0, 0.05) is 17.9 Å². The number of aliphatic hydroxyl groups is 1. The van der Waals surface area contributed by atoms with Gasteiger partial charge >= 0.3 is 18.0 Å². The minimum atomic E-state index is -1.92. The molecule has 3 heterocycles. The lowest BCUT2D eigenvalue weighted by Crippen LogP contribution is -2.67. The Bertz CT molecular complexity index is 1550. The molecule has 3 fully saturated rings. The van der Waals surface area contributed by atoms with Crippen molar-refractivity contribution >= 4 is 58.6 Å². The molecule has 2 aromatic rings. The Morgan fingerprint density at radius 1 is 0.962 bits per heavy atom. The second-order valence-corrected chi connectivity index (χ2v) is 15.4. The van der Waals surface area contributed by atoms with Gasteiger partial charge in [-0.05, 0) is 25.5 Å². The quantitative estimate of drug-likeness (QED) is 0.158. The van der Waals surface area contributed by atoms with E-state index in [2.05, 4.69) is 5.32 Å². The number of benzene rings is 2. The van der Waals surface area contributed by atoms with Gasteiger partial charge in [-0.3, -0.25) is 4.79 Å². The van der Waals surface area contributed by atoms with Crippen molar-refractivity contribution in [1.82, 2.24) is 5.32 Å². The summed E-state index contributed by atoms with van der Waals surface area (Å²) in [4.78, 5) is 50.6. The molecule has 290 valence electrons. The lowest BCUT2D eigenvalue weighted by atomic mass is 9.94. The van der Waals surface area contributed by atoms with Gasteiger partial charge in [0.15, 0.2) is 25.0 Å². The van der Waals surface area contributed by atoms with E-state index in [0.29, 0.717) is 12.0 Å². The second kappa shape index (κ2) is 18.5. The first-order valence-electron chi connectivity index (χ1n) is 17.2. The van der Waals surface area contributed by atoms with Crippen molar-refractivity contribution in [3.8, 4) is 0 Å². The van der Waals surface area contributed by atoms with E-state index in [-0.39, 0.29) is 30.8 Å². The number of Topliss-reactive ketones (excluding diaryl/α,β-unsaturated/α-hetero) is 1. The second-order valence-electron chi connectivity index (χ2n) is 12.9. The first-order chi connectivity index (χ1) is 25.2. The molecule has 0 bridgehead atoms. The van der Waals surface area contributed by atoms with Crippen molar-refractivity contribution in [2.24, 2.45) is 5.92 Å². The molecule has 2 N–H and O–H groups in total. The predicted molar refractivity (Wildman–Crippen MR) is 188 cm³/mol. The number of ether oxygens (including phenoxy) is 8. The summed E-state index contributed by atoms with van der Waals surface area (Å²) in [5.74, 6) is -2.05. The van der Waals surface area contributed by atoms with Crippen LogP contribution < -0.4 is 5.32 Å². The molecule has 3 saturated heterocycles. The van der Waals surface area contributed by atoms with Crippen LogP contribution in [0.4, 0.5) is 4.79 Å².